The summed E-state index contributed by atoms with van der Waals surface area (Å²) in [5.74, 6) is 0.0493. The highest BCUT2D eigenvalue weighted by atomic mass is 16.2. The Morgan fingerprint density at radius 3 is 2.68 bits per heavy atom. The highest BCUT2D eigenvalue weighted by molar-refractivity contribution is 5.92. The molecule has 2 heterocycles. The number of likely N-dealkylation sites (tertiary alicyclic amines) is 1. The van der Waals surface area contributed by atoms with Crippen LogP contribution in [0.25, 0.3) is 10.9 Å². The molecule has 1 amide bonds. The molecule has 5 nitrogen and oxygen atoms in total. The molecule has 0 aliphatic carbocycles. The lowest BCUT2D eigenvalue weighted by Gasteiger charge is -2.32. The molecule has 144 valence electrons. The first-order valence-corrected chi connectivity index (χ1v) is 9.86. The van der Waals surface area contributed by atoms with E-state index >= 15 is 0 Å². The summed E-state index contributed by atoms with van der Waals surface area (Å²) < 4.78 is 0. The first-order chi connectivity index (χ1) is 13.7. The van der Waals surface area contributed by atoms with Crippen LogP contribution in [0.15, 0.2) is 60.8 Å². The quantitative estimate of drug-likeness (QED) is 0.707. The maximum absolute atomic E-state index is 12.3. The molecule has 2 aromatic carbocycles. The number of amides is 1. The Balaban J connectivity index is 1.31. The second-order valence-electron chi connectivity index (χ2n) is 7.49. The van der Waals surface area contributed by atoms with Gasteiger partial charge in [0.25, 0.3) is 0 Å². The number of carbonyl (C=O) groups is 1. The lowest BCUT2D eigenvalue weighted by molar-refractivity contribution is -0.117. The number of hydrogen-bond donors (Lipinski definition) is 2. The summed E-state index contributed by atoms with van der Waals surface area (Å²) in [5.41, 5.74) is 4.26. The molecule has 3 aromatic rings. The van der Waals surface area contributed by atoms with Crippen LogP contribution in [-0.4, -0.2) is 41.5 Å². The van der Waals surface area contributed by atoms with E-state index in [1.54, 1.807) is 0 Å². The molecule has 1 aliphatic rings. The number of carbonyl (C=O) groups excluding carboxylic acids is 1. The zero-order valence-corrected chi connectivity index (χ0v) is 16.2. The average Bonchev–Trinajstić information content (AvgIpc) is 2.70. The highest BCUT2D eigenvalue weighted by Crippen LogP contribution is 2.25. The largest absolute Gasteiger partial charge is 0.382 e. The Bertz CT molecular complexity index is 949. The molecule has 0 radical (unpaired) electrons. The van der Waals surface area contributed by atoms with Crippen molar-refractivity contribution in [1.82, 2.24) is 9.88 Å². The van der Waals surface area contributed by atoms with Crippen molar-refractivity contribution in [3.05, 3.63) is 66.4 Å². The van der Waals surface area contributed by atoms with E-state index in [1.165, 1.54) is 10.9 Å². The smallest absolute Gasteiger partial charge is 0.238 e. The molecule has 2 N–H and O–H groups in total. The van der Waals surface area contributed by atoms with Gasteiger partial charge in [0.2, 0.25) is 5.91 Å². The fourth-order valence-corrected chi connectivity index (χ4v) is 3.77. The monoisotopic (exact) mass is 374 g/mol. The van der Waals surface area contributed by atoms with Crippen LogP contribution in [0.4, 0.5) is 11.4 Å². The summed E-state index contributed by atoms with van der Waals surface area (Å²) in [5, 5.41) is 7.83. The van der Waals surface area contributed by atoms with Gasteiger partial charge >= 0.3 is 0 Å². The van der Waals surface area contributed by atoms with Crippen LogP contribution in [0.1, 0.15) is 18.4 Å². The third-order valence-electron chi connectivity index (χ3n) is 5.27. The normalized spacial score (nSPS) is 15.5. The number of nitrogens with zero attached hydrogens (tertiary/aromatic N) is 2. The Morgan fingerprint density at radius 1 is 1.11 bits per heavy atom. The summed E-state index contributed by atoms with van der Waals surface area (Å²) in [6, 6.07) is 18.5. The number of rotatable bonds is 5. The van der Waals surface area contributed by atoms with E-state index in [9.17, 15) is 4.79 Å². The molecule has 0 saturated carbocycles. The lowest BCUT2D eigenvalue weighted by Crippen LogP contribution is -2.42. The molecule has 0 spiro atoms. The Kier molecular flexibility index (Phi) is 5.53. The summed E-state index contributed by atoms with van der Waals surface area (Å²) in [6.07, 6.45) is 3.91. The van der Waals surface area contributed by atoms with Crippen LogP contribution in [0.5, 0.6) is 0 Å². The van der Waals surface area contributed by atoms with Crippen LogP contribution >= 0.6 is 0 Å². The van der Waals surface area contributed by atoms with Gasteiger partial charge in [0.1, 0.15) is 0 Å². The molecule has 1 aromatic heterocycles. The number of aryl methyl sites for hydroxylation is 1. The average molecular weight is 374 g/mol. The molecule has 4 rings (SSSR count). The molecule has 0 bridgehead atoms. The number of fused-ring (bicyclic) bond motifs is 1. The van der Waals surface area contributed by atoms with Crippen molar-refractivity contribution in [3.63, 3.8) is 0 Å². The summed E-state index contributed by atoms with van der Waals surface area (Å²) in [6.45, 7) is 4.39. The third kappa shape index (κ3) is 4.49. The minimum absolute atomic E-state index is 0.0493. The van der Waals surface area contributed by atoms with Crippen LogP contribution in [0, 0.1) is 6.92 Å². The van der Waals surface area contributed by atoms with Crippen molar-refractivity contribution in [2.45, 2.75) is 25.8 Å². The second-order valence-corrected chi connectivity index (χ2v) is 7.49. The van der Waals surface area contributed by atoms with E-state index in [0.29, 0.717) is 12.6 Å². The fraction of sp³-hybridized carbons (Fsp3) is 0.304. The molecular formula is C23H26N4O. The first-order valence-electron chi connectivity index (χ1n) is 9.86. The predicted octanol–water partition coefficient (Wildman–Crippen LogP) is 4.06. The highest BCUT2D eigenvalue weighted by Gasteiger charge is 2.21. The number of nitrogens with one attached hydrogen (secondary N) is 2. The van der Waals surface area contributed by atoms with Crippen molar-refractivity contribution < 1.29 is 4.79 Å². The second kappa shape index (κ2) is 8.40. The van der Waals surface area contributed by atoms with E-state index < -0.39 is 0 Å². The van der Waals surface area contributed by atoms with Gasteiger partial charge in [-0.15, -0.1) is 0 Å². The molecule has 1 aliphatic heterocycles. The van der Waals surface area contributed by atoms with Gasteiger partial charge in [-0.1, -0.05) is 29.8 Å². The maximum atomic E-state index is 12.3. The lowest BCUT2D eigenvalue weighted by atomic mass is 10.0. The molecule has 1 fully saturated rings. The van der Waals surface area contributed by atoms with E-state index in [1.807, 2.05) is 36.5 Å². The van der Waals surface area contributed by atoms with E-state index in [4.69, 9.17) is 0 Å². The zero-order valence-electron chi connectivity index (χ0n) is 16.2. The standard InChI is InChI=1S/C23H26N4O/c1-17-7-8-21-20(15-17)22(9-12-24-21)25-19-10-13-27(14-11-19)16-23(28)26-18-5-3-2-4-6-18/h2-9,12,15,19H,10-11,13-14,16H2,1H3,(H,24,25)(H,26,28). The number of anilines is 2. The van der Waals surface area contributed by atoms with Crippen LogP contribution in [0.2, 0.25) is 0 Å². The third-order valence-corrected chi connectivity index (χ3v) is 5.27. The number of aromatic nitrogens is 1. The van der Waals surface area contributed by atoms with Gasteiger partial charge in [0.05, 0.1) is 12.1 Å². The number of hydrogen-bond acceptors (Lipinski definition) is 4. The minimum atomic E-state index is 0.0493. The minimum Gasteiger partial charge on any atom is -0.382 e. The predicted molar refractivity (Wildman–Crippen MR) is 115 cm³/mol. The molecular weight excluding hydrogens is 348 g/mol. The fourth-order valence-electron chi connectivity index (χ4n) is 3.77. The van der Waals surface area contributed by atoms with Crippen molar-refractivity contribution in [2.24, 2.45) is 0 Å². The summed E-state index contributed by atoms with van der Waals surface area (Å²) in [4.78, 5) is 18.9. The van der Waals surface area contributed by atoms with Gasteiger partial charge in [-0.3, -0.25) is 14.7 Å². The van der Waals surface area contributed by atoms with Gasteiger partial charge < -0.3 is 10.6 Å². The molecule has 0 atom stereocenters. The first kappa shape index (κ1) is 18.4. The Morgan fingerprint density at radius 2 is 1.89 bits per heavy atom. The van der Waals surface area contributed by atoms with Crippen molar-refractivity contribution in [3.8, 4) is 0 Å². The zero-order chi connectivity index (χ0) is 19.3. The van der Waals surface area contributed by atoms with E-state index in [2.05, 4.69) is 51.7 Å². The van der Waals surface area contributed by atoms with E-state index in [0.717, 1.165) is 42.8 Å². The van der Waals surface area contributed by atoms with Gasteiger partial charge in [-0.05, 0) is 50.1 Å². The number of piperidine rings is 1. The van der Waals surface area contributed by atoms with Crippen molar-refractivity contribution in [2.75, 3.05) is 30.3 Å². The number of para-hydroxylation sites is 1. The Hall–Kier alpha value is -2.92. The van der Waals surface area contributed by atoms with Gasteiger partial charge in [0.15, 0.2) is 0 Å². The molecule has 28 heavy (non-hydrogen) atoms. The molecule has 5 heteroatoms. The van der Waals surface area contributed by atoms with Crippen molar-refractivity contribution >= 4 is 28.2 Å². The molecule has 1 saturated heterocycles. The molecule has 0 unspecified atom stereocenters. The number of benzene rings is 2. The van der Waals surface area contributed by atoms with Gasteiger partial charge in [-0.2, -0.15) is 0 Å². The topological polar surface area (TPSA) is 57.3 Å². The van der Waals surface area contributed by atoms with Crippen molar-refractivity contribution in [1.29, 1.82) is 0 Å². The van der Waals surface area contributed by atoms with Crippen LogP contribution in [0.3, 0.4) is 0 Å². The summed E-state index contributed by atoms with van der Waals surface area (Å²) >= 11 is 0. The van der Waals surface area contributed by atoms with Crippen LogP contribution < -0.4 is 10.6 Å². The van der Waals surface area contributed by atoms with E-state index in [-0.39, 0.29) is 5.91 Å². The van der Waals surface area contributed by atoms with Gasteiger partial charge in [0, 0.05) is 42.1 Å². The number of pyridine rings is 1. The summed E-state index contributed by atoms with van der Waals surface area (Å²) in [7, 11) is 0. The SMILES string of the molecule is Cc1ccc2nccc(NC3CCN(CC(=O)Nc4ccccc4)CC3)c2c1. The maximum Gasteiger partial charge on any atom is 0.238 e. The van der Waals surface area contributed by atoms with Gasteiger partial charge in [-0.25, -0.2) is 0 Å². The Labute approximate surface area is 165 Å². The van der Waals surface area contributed by atoms with Crippen LogP contribution in [-0.2, 0) is 4.79 Å².